The van der Waals surface area contributed by atoms with Crippen molar-refractivity contribution in [3.63, 3.8) is 0 Å². The van der Waals surface area contributed by atoms with Gasteiger partial charge in [0.1, 0.15) is 5.75 Å². The van der Waals surface area contributed by atoms with Crippen molar-refractivity contribution in [2.75, 3.05) is 20.7 Å². The van der Waals surface area contributed by atoms with Crippen LogP contribution in [0.15, 0.2) is 18.2 Å². The number of ether oxygens (including phenoxy) is 1. The molecule has 1 amide bonds. The van der Waals surface area contributed by atoms with Gasteiger partial charge >= 0.3 is 0 Å². The Balaban J connectivity index is 1.98. The molecule has 2 atom stereocenters. The standard InChI is InChI=1S/C15H22N2O3/c1-10-6-11(4-5-14(10)20-3)9-17(2)15(19)13-7-12(18)8-16-13/h4-6,12-13,16,18H,7-9H2,1-3H3. The van der Waals surface area contributed by atoms with E-state index in [4.69, 9.17) is 4.74 Å². The lowest BCUT2D eigenvalue weighted by atomic mass is 10.1. The first-order chi connectivity index (χ1) is 9.51. The SMILES string of the molecule is COc1ccc(CN(C)C(=O)C2CC(O)CN2)cc1C. The Kier molecular flexibility index (Phi) is 4.62. The van der Waals surface area contributed by atoms with Crippen LogP contribution in [0.25, 0.3) is 0 Å². The maximum absolute atomic E-state index is 12.2. The third-order valence-electron chi connectivity index (χ3n) is 3.66. The number of aliphatic hydroxyl groups excluding tert-OH is 1. The highest BCUT2D eigenvalue weighted by atomic mass is 16.5. The highest BCUT2D eigenvalue weighted by Crippen LogP contribution is 2.19. The molecule has 0 aromatic heterocycles. The molecular weight excluding hydrogens is 256 g/mol. The fourth-order valence-corrected chi connectivity index (χ4v) is 2.56. The van der Waals surface area contributed by atoms with E-state index in [-0.39, 0.29) is 11.9 Å². The van der Waals surface area contributed by atoms with Crippen LogP contribution >= 0.6 is 0 Å². The zero-order valence-corrected chi connectivity index (χ0v) is 12.2. The lowest BCUT2D eigenvalue weighted by Crippen LogP contribution is -2.41. The van der Waals surface area contributed by atoms with Gasteiger partial charge in [-0.2, -0.15) is 0 Å². The molecule has 5 heteroatoms. The second kappa shape index (κ2) is 6.24. The average molecular weight is 278 g/mol. The Morgan fingerprint density at radius 3 is 2.85 bits per heavy atom. The van der Waals surface area contributed by atoms with Gasteiger partial charge < -0.3 is 20.1 Å². The summed E-state index contributed by atoms with van der Waals surface area (Å²) in [5.74, 6) is 0.873. The van der Waals surface area contributed by atoms with Crippen molar-refractivity contribution < 1.29 is 14.6 Å². The molecule has 0 bridgehead atoms. The first-order valence-corrected chi connectivity index (χ1v) is 6.81. The van der Waals surface area contributed by atoms with Crippen LogP contribution in [0.3, 0.4) is 0 Å². The van der Waals surface area contributed by atoms with Crippen LogP contribution in [-0.2, 0) is 11.3 Å². The van der Waals surface area contributed by atoms with E-state index in [9.17, 15) is 9.90 Å². The summed E-state index contributed by atoms with van der Waals surface area (Å²) in [6, 6.07) is 5.64. The van der Waals surface area contributed by atoms with E-state index in [1.54, 1.807) is 19.1 Å². The summed E-state index contributed by atoms with van der Waals surface area (Å²) in [6.07, 6.45) is 0.0748. The van der Waals surface area contributed by atoms with Crippen molar-refractivity contribution in [1.29, 1.82) is 0 Å². The number of methoxy groups -OCH3 is 1. The second-order valence-electron chi connectivity index (χ2n) is 5.35. The summed E-state index contributed by atoms with van der Waals surface area (Å²) >= 11 is 0. The van der Waals surface area contributed by atoms with E-state index in [1.807, 2.05) is 25.1 Å². The molecule has 0 spiro atoms. The molecule has 2 unspecified atom stereocenters. The number of β-amino-alcohol motifs (C(OH)–C–C–N with tert-alkyl or cyclic N) is 1. The first-order valence-electron chi connectivity index (χ1n) is 6.81. The number of benzene rings is 1. The number of aryl methyl sites for hydroxylation is 1. The summed E-state index contributed by atoms with van der Waals surface area (Å²) in [5.41, 5.74) is 2.12. The van der Waals surface area contributed by atoms with Crippen LogP contribution in [-0.4, -0.2) is 48.8 Å². The number of carbonyl (C=O) groups excluding carboxylic acids is 1. The molecule has 20 heavy (non-hydrogen) atoms. The van der Waals surface area contributed by atoms with Gasteiger partial charge in [-0.1, -0.05) is 12.1 Å². The van der Waals surface area contributed by atoms with Crippen molar-refractivity contribution in [3.8, 4) is 5.75 Å². The van der Waals surface area contributed by atoms with Gasteiger partial charge in [0.05, 0.1) is 19.3 Å². The van der Waals surface area contributed by atoms with Gasteiger partial charge in [0.2, 0.25) is 5.91 Å². The third-order valence-corrected chi connectivity index (χ3v) is 3.66. The van der Waals surface area contributed by atoms with Crippen LogP contribution in [0.4, 0.5) is 0 Å². The molecule has 1 fully saturated rings. The maximum atomic E-state index is 12.2. The van der Waals surface area contributed by atoms with E-state index in [0.717, 1.165) is 16.9 Å². The molecular formula is C15H22N2O3. The van der Waals surface area contributed by atoms with Gasteiger partial charge in [0, 0.05) is 20.1 Å². The molecule has 2 N–H and O–H groups in total. The van der Waals surface area contributed by atoms with E-state index >= 15 is 0 Å². The summed E-state index contributed by atoms with van der Waals surface area (Å²) in [6.45, 7) is 3.03. The summed E-state index contributed by atoms with van der Waals surface area (Å²) in [5, 5.41) is 12.5. The lowest BCUT2D eigenvalue weighted by molar-refractivity contribution is -0.132. The van der Waals surface area contributed by atoms with Crippen molar-refractivity contribution >= 4 is 5.91 Å². The normalized spacial score (nSPS) is 21.8. The number of nitrogens with one attached hydrogen (secondary N) is 1. The summed E-state index contributed by atoms with van der Waals surface area (Å²) in [7, 11) is 3.43. The molecule has 2 rings (SSSR count). The maximum Gasteiger partial charge on any atom is 0.239 e. The number of carbonyl (C=O) groups is 1. The molecule has 0 saturated carbocycles. The number of rotatable bonds is 4. The van der Waals surface area contributed by atoms with E-state index in [0.29, 0.717) is 19.5 Å². The number of likely N-dealkylation sites (N-methyl/N-ethyl adjacent to an activating group) is 1. The second-order valence-corrected chi connectivity index (χ2v) is 5.35. The minimum atomic E-state index is -0.416. The smallest absolute Gasteiger partial charge is 0.239 e. The molecule has 1 aromatic rings. The highest BCUT2D eigenvalue weighted by Gasteiger charge is 2.29. The van der Waals surface area contributed by atoms with Crippen LogP contribution in [0.2, 0.25) is 0 Å². The largest absolute Gasteiger partial charge is 0.496 e. The zero-order chi connectivity index (χ0) is 14.7. The number of hydrogen-bond donors (Lipinski definition) is 2. The predicted octanol–water partition coefficient (Wildman–Crippen LogP) is 0.685. The van der Waals surface area contributed by atoms with Crippen molar-refractivity contribution in [2.24, 2.45) is 0 Å². The topological polar surface area (TPSA) is 61.8 Å². The highest BCUT2D eigenvalue weighted by molar-refractivity contribution is 5.82. The summed E-state index contributed by atoms with van der Waals surface area (Å²) in [4.78, 5) is 13.9. The molecule has 1 aliphatic heterocycles. The van der Waals surface area contributed by atoms with Gasteiger partial charge in [-0.15, -0.1) is 0 Å². The Bertz CT molecular complexity index is 490. The van der Waals surface area contributed by atoms with Crippen molar-refractivity contribution in [3.05, 3.63) is 29.3 Å². The molecule has 1 aromatic carbocycles. The van der Waals surface area contributed by atoms with Gasteiger partial charge in [-0.05, 0) is 30.5 Å². The minimum absolute atomic E-state index is 0.0232. The van der Waals surface area contributed by atoms with Crippen LogP contribution < -0.4 is 10.1 Å². The number of nitrogens with zero attached hydrogens (tertiary/aromatic N) is 1. The Morgan fingerprint density at radius 2 is 2.30 bits per heavy atom. The van der Waals surface area contributed by atoms with Crippen LogP contribution in [0, 0.1) is 6.92 Å². The molecule has 1 heterocycles. The van der Waals surface area contributed by atoms with Crippen LogP contribution in [0.1, 0.15) is 17.5 Å². The fourth-order valence-electron chi connectivity index (χ4n) is 2.56. The van der Waals surface area contributed by atoms with Crippen molar-refractivity contribution in [2.45, 2.75) is 32.0 Å². The molecule has 0 aliphatic carbocycles. The fraction of sp³-hybridized carbons (Fsp3) is 0.533. The number of amides is 1. The molecule has 5 nitrogen and oxygen atoms in total. The predicted molar refractivity (Wildman–Crippen MR) is 76.6 cm³/mol. The molecule has 0 radical (unpaired) electrons. The number of aliphatic hydroxyl groups is 1. The zero-order valence-electron chi connectivity index (χ0n) is 12.2. The first kappa shape index (κ1) is 14.8. The third kappa shape index (κ3) is 3.29. The van der Waals surface area contributed by atoms with E-state index in [1.165, 1.54) is 0 Å². The molecule has 1 aliphatic rings. The van der Waals surface area contributed by atoms with Crippen molar-refractivity contribution in [1.82, 2.24) is 10.2 Å². The van der Waals surface area contributed by atoms with E-state index < -0.39 is 6.10 Å². The van der Waals surface area contributed by atoms with Gasteiger partial charge in [0.25, 0.3) is 0 Å². The monoisotopic (exact) mass is 278 g/mol. The van der Waals surface area contributed by atoms with E-state index in [2.05, 4.69) is 5.32 Å². The molecule has 1 saturated heterocycles. The van der Waals surface area contributed by atoms with Gasteiger partial charge in [-0.25, -0.2) is 0 Å². The molecule has 110 valence electrons. The van der Waals surface area contributed by atoms with Crippen LogP contribution in [0.5, 0.6) is 5.75 Å². The Labute approximate surface area is 119 Å². The Morgan fingerprint density at radius 1 is 1.55 bits per heavy atom. The Hall–Kier alpha value is -1.59. The number of hydrogen-bond acceptors (Lipinski definition) is 4. The van der Waals surface area contributed by atoms with Gasteiger partial charge in [-0.3, -0.25) is 4.79 Å². The summed E-state index contributed by atoms with van der Waals surface area (Å²) < 4.78 is 5.23. The minimum Gasteiger partial charge on any atom is -0.496 e. The quantitative estimate of drug-likeness (QED) is 0.850. The average Bonchev–Trinajstić information content (AvgIpc) is 2.84. The lowest BCUT2D eigenvalue weighted by Gasteiger charge is -2.21. The van der Waals surface area contributed by atoms with Gasteiger partial charge in [0.15, 0.2) is 0 Å².